The number of primary amides is 1. The van der Waals surface area contributed by atoms with Crippen molar-refractivity contribution in [1.29, 1.82) is 0 Å². The average molecular weight is 567 g/mol. The van der Waals surface area contributed by atoms with Crippen LogP contribution in [0.2, 0.25) is 0 Å². The number of carboxylic acids is 1. The van der Waals surface area contributed by atoms with Crippen molar-refractivity contribution in [2.24, 2.45) is 5.73 Å². The Bertz CT molecular complexity index is 1530. The van der Waals surface area contributed by atoms with Gasteiger partial charge in [-0.15, -0.1) is 0 Å². The molecular weight excluding hydrogens is 538 g/mol. The first kappa shape index (κ1) is 29.2. The molecule has 0 bridgehead atoms. The third-order valence-corrected chi connectivity index (χ3v) is 6.39. The molecule has 13 heteroatoms. The summed E-state index contributed by atoms with van der Waals surface area (Å²) in [5, 5.41) is 12.6. The molecule has 0 saturated carbocycles. The largest absolute Gasteiger partial charge is 0.494 e. The second kappa shape index (κ2) is 13.1. The Morgan fingerprint density at radius 1 is 0.976 bits per heavy atom. The molecule has 1 aliphatic heterocycles. The summed E-state index contributed by atoms with van der Waals surface area (Å²) in [7, 11) is 2.48. The van der Waals surface area contributed by atoms with Crippen LogP contribution in [0.5, 0.6) is 11.5 Å². The van der Waals surface area contributed by atoms with Gasteiger partial charge >= 0.3 is 5.97 Å². The van der Waals surface area contributed by atoms with E-state index >= 15 is 0 Å². The molecule has 0 aliphatic carbocycles. The van der Waals surface area contributed by atoms with E-state index < -0.39 is 29.1 Å². The number of pyridine rings is 1. The van der Waals surface area contributed by atoms with Gasteiger partial charge in [-0.05, 0) is 17.7 Å². The van der Waals surface area contributed by atoms with E-state index in [2.05, 4.69) is 25.2 Å². The van der Waals surface area contributed by atoms with Crippen molar-refractivity contribution in [3.63, 3.8) is 0 Å². The number of methoxy groups -OCH3 is 2. The smallest absolute Gasteiger partial charge is 0.337 e. The highest BCUT2D eigenvalue weighted by Crippen LogP contribution is 2.40. The monoisotopic (exact) mass is 566 g/mol. The molecular formula is C28H28F2N6O5. The van der Waals surface area contributed by atoms with Crippen LogP contribution in [0.1, 0.15) is 26.4 Å². The van der Waals surface area contributed by atoms with Crippen LogP contribution in [-0.2, 0) is 6.54 Å². The van der Waals surface area contributed by atoms with Crippen LogP contribution in [0.15, 0.2) is 48.9 Å². The highest BCUT2D eigenvalue weighted by molar-refractivity contribution is 6.05. The van der Waals surface area contributed by atoms with Crippen molar-refractivity contribution < 1.29 is 33.0 Å². The average Bonchev–Trinajstić information content (AvgIpc) is 2.98. The number of hydrogen-bond donors (Lipinski definition) is 3. The minimum Gasteiger partial charge on any atom is -0.494 e. The topological polar surface area (TPSA) is 153 Å². The van der Waals surface area contributed by atoms with E-state index in [0.29, 0.717) is 5.69 Å². The number of hydrogen-bond acceptors (Lipinski definition) is 9. The molecule has 0 spiro atoms. The lowest BCUT2D eigenvalue weighted by Gasteiger charge is -2.26. The van der Waals surface area contributed by atoms with Crippen molar-refractivity contribution >= 4 is 22.9 Å². The molecule has 0 radical (unpaired) electrons. The summed E-state index contributed by atoms with van der Waals surface area (Å²) in [6.45, 7) is 5.06. The van der Waals surface area contributed by atoms with Crippen LogP contribution < -0.4 is 20.5 Å². The number of piperazine rings is 1. The summed E-state index contributed by atoms with van der Waals surface area (Å²) in [5.41, 5.74) is 6.13. The summed E-state index contributed by atoms with van der Waals surface area (Å²) < 4.78 is 39.3. The maximum Gasteiger partial charge on any atom is 0.337 e. The zero-order valence-corrected chi connectivity index (χ0v) is 22.4. The molecule has 0 unspecified atom stereocenters. The van der Waals surface area contributed by atoms with E-state index in [9.17, 15) is 23.5 Å². The van der Waals surface area contributed by atoms with Crippen molar-refractivity contribution in [1.82, 2.24) is 25.2 Å². The fraction of sp³-hybridized carbons (Fsp3) is 0.250. The Morgan fingerprint density at radius 3 is 2.15 bits per heavy atom. The predicted octanol–water partition coefficient (Wildman–Crippen LogP) is 2.88. The highest BCUT2D eigenvalue weighted by Gasteiger charge is 2.25. The van der Waals surface area contributed by atoms with Gasteiger partial charge in [-0.3, -0.25) is 24.6 Å². The van der Waals surface area contributed by atoms with E-state index in [-0.39, 0.29) is 33.7 Å². The van der Waals surface area contributed by atoms with Crippen LogP contribution in [0, 0.1) is 11.6 Å². The van der Waals surface area contributed by atoms with E-state index in [4.69, 9.17) is 15.2 Å². The van der Waals surface area contributed by atoms with Crippen molar-refractivity contribution in [3.05, 3.63) is 77.4 Å². The number of nitrogens with two attached hydrogens (primary N) is 1. The number of carboxylic acid groups (broad SMARTS) is 1. The van der Waals surface area contributed by atoms with Gasteiger partial charge in [-0.1, -0.05) is 12.1 Å². The molecule has 1 fully saturated rings. The van der Waals surface area contributed by atoms with Crippen molar-refractivity contribution in [2.45, 2.75) is 6.54 Å². The Kier molecular flexibility index (Phi) is 9.32. The molecule has 4 N–H and O–H groups in total. The van der Waals surface area contributed by atoms with Gasteiger partial charge in [0.05, 0.1) is 30.9 Å². The summed E-state index contributed by atoms with van der Waals surface area (Å²) >= 11 is 0. The van der Waals surface area contributed by atoms with Crippen LogP contribution in [0.25, 0.3) is 22.2 Å². The van der Waals surface area contributed by atoms with E-state index in [1.54, 1.807) is 12.3 Å². The Labute approximate surface area is 233 Å². The number of benzene rings is 2. The minimum absolute atomic E-state index is 0.0214. The maximum absolute atomic E-state index is 14.7. The number of aromatic carboxylic acids is 1. The number of halogens is 2. The van der Waals surface area contributed by atoms with Crippen LogP contribution in [0.4, 0.5) is 8.78 Å². The lowest BCUT2D eigenvalue weighted by molar-refractivity contribution is 0.0698. The molecule has 0 atom stereocenters. The van der Waals surface area contributed by atoms with Gasteiger partial charge in [0, 0.05) is 62.9 Å². The third kappa shape index (κ3) is 6.53. The zero-order valence-electron chi connectivity index (χ0n) is 22.4. The predicted molar refractivity (Wildman–Crippen MR) is 146 cm³/mol. The standard InChI is InChI=1S/C17H12F2N2O4.C11H16N4O/c1-24-10-7-11(25-2)14(19)12(13(10)18)8-3-4-9(17(22)23)16-15(8)20-5-6-21-16;12-11(16)10-2-1-9(7-14-10)8-15-5-3-13-4-6-15/h3-7H,1-2H3,(H,22,23);1-2,7,13H,3-6,8H2,(H2,12,16). The molecule has 1 saturated heterocycles. The number of amides is 1. The van der Waals surface area contributed by atoms with Crippen molar-refractivity contribution in [2.75, 3.05) is 40.4 Å². The molecule has 5 rings (SSSR count). The molecule has 41 heavy (non-hydrogen) atoms. The van der Waals surface area contributed by atoms with E-state index in [0.717, 1.165) is 44.4 Å². The third-order valence-electron chi connectivity index (χ3n) is 6.39. The SMILES string of the molecule is COc1cc(OC)c(F)c(-c2ccc(C(=O)O)c3nccnc23)c1F.NC(=O)c1ccc(CN2CCNCC2)cn1. The fourth-order valence-corrected chi connectivity index (χ4v) is 4.34. The first-order chi connectivity index (χ1) is 19.7. The minimum atomic E-state index is -1.22. The Balaban J connectivity index is 0.000000208. The molecule has 2 aromatic carbocycles. The Hall–Kier alpha value is -4.75. The maximum atomic E-state index is 14.7. The molecule has 11 nitrogen and oxygen atoms in total. The first-order valence-electron chi connectivity index (χ1n) is 12.5. The zero-order chi connectivity index (χ0) is 29.5. The molecule has 4 aromatic rings. The number of carbonyl (C=O) groups is 2. The van der Waals surface area contributed by atoms with Gasteiger partial charge in [0.1, 0.15) is 11.2 Å². The van der Waals surface area contributed by atoms with Gasteiger partial charge in [0.15, 0.2) is 23.1 Å². The second-order valence-corrected chi connectivity index (χ2v) is 8.95. The Morgan fingerprint density at radius 2 is 1.61 bits per heavy atom. The number of ether oxygens (including phenoxy) is 2. The van der Waals surface area contributed by atoms with E-state index in [1.807, 2.05) is 6.07 Å². The molecule has 3 heterocycles. The normalized spacial score (nSPS) is 13.3. The van der Waals surface area contributed by atoms with Gasteiger partial charge in [0.25, 0.3) is 5.91 Å². The second-order valence-electron chi connectivity index (χ2n) is 8.95. The summed E-state index contributed by atoms with van der Waals surface area (Å²) in [5.74, 6) is -4.03. The number of rotatable bonds is 7. The van der Waals surface area contributed by atoms with E-state index in [1.165, 1.54) is 38.7 Å². The number of aromatic nitrogens is 3. The summed E-state index contributed by atoms with van der Waals surface area (Å²) in [4.78, 5) is 36.6. The summed E-state index contributed by atoms with van der Waals surface area (Å²) in [6, 6.07) is 7.18. The molecule has 214 valence electrons. The van der Waals surface area contributed by atoms with Crippen LogP contribution in [0.3, 0.4) is 0 Å². The first-order valence-corrected chi connectivity index (χ1v) is 12.5. The van der Waals surface area contributed by atoms with Crippen LogP contribution >= 0.6 is 0 Å². The van der Waals surface area contributed by atoms with Crippen molar-refractivity contribution in [3.8, 4) is 22.6 Å². The van der Waals surface area contributed by atoms with Gasteiger partial charge in [-0.25, -0.2) is 13.6 Å². The number of fused-ring (bicyclic) bond motifs is 1. The van der Waals surface area contributed by atoms with Gasteiger partial charge < -0.3 is 25.6 Å². The van der Waals surface area contributed by atoms with Gasteiger partial charge in [0.2, 0.25) is 0 Å². The molecule has 1 amide bonds. The molecule has 1 aliphatic rings. The number of carbonyl (C=O) groups excluding carboxylic acids is 1. The van der Waals surface area contributed by atoms with Gasteiger partial charge in [-0.2, -0.15) is 0 Å². The fourth-order valence-electron chi connectivity index (χ4n) is 4.34. The highest BCUT2D eigenvalue weighted by atomic mass is 19.1. The van der Waals surface area contributed by atoms with Crippen LogP contribution in [-0.4, -0.2) is 77.2 Å². The quantitative estimate of drug-likeness (QED) is 0.304. The molecule has 2 aromatic heterocycles. The number of nitrogens with zero attached hydrogens (tertiary/aromatic N) is 4. The number of nitrogens with one attached hydrogen (secondary N) is 1. The summed E-state index contributed by atoms with van der Waals surface area (Å²) in [6.07, 6.45) is 4.34. The lowest BCUT2D eigenvalue weighted by Crippen LogP contribution is -2.42. The lowest BCUT2D eigenvalue weighted by atomic mass is 9.99.